The Bertz CT molecular complexity index is 2480. The highest BCUT2D eigenvalue weighted by atomic mass is 35.7. The van der Waals surface area contributed by atoms with E-state index in [4.69, 9.17) is 10.7 Å². The lowest BCUT2D eigenvalue weighted by molar-refractivity contribution is -0.385. The second-order valence-corrected chi connectivity index (χ2v) is 18.9. The normalized spacial score (nSPS) is 13.2. The molecule has 0 saturated heterocycles. The molecule has 4 rings (SSSR count). The molecule has 22 heteroatoms. The van der Waals surface area contributed by atoms with Crippen molar-refractivity contribution in [2.75, 3.05) is 11.8 Å². The SMILES string of the molecule is CNS(=O)(=O)c1cc([N+](=O)[O-])ccc1N=Nc1cc(S(=O)(=O)NC(C)(C)C)c(O)c2cccc(NS(=O)(=O)c3cccc(S(=O)(=O)Cl)c3)c12. The van der Waals surface area contributed by atoms with Crippen LogP contribution in [-0.2, 0) is 39.1 Å². The van der Waals surface area contributed by atoms with E-state index in [-0.39, 0.29) is 16.5 Å². The number of nitrogens with zero attached hydrogens (tertiary/aromatic N) is 3. The van der Waals surface area contributed by atoms with Gasteiger partial charge in [0.05, 0.1) is 26.1 Å². The Balaban J connectivity index is 2.03. The molecule has 0 aliphatic carbocycles. The molecule has 0 spiro atoms. The molecule has 0 aliphatic rings. The molecule has 0 saturated carbocycles. The number of phenolic OH excluding ortho intramolecular Hbond substituents is 1. The van der Waals surface area contributed by atoms with Crippen molar-refractivity contribution < 1.29 is 43.7 Å². The molecule has 0 atom stereocenters. The van der Waals surface area contributed by atoms with Gasteiger partial charge in [-0.25, -0.2) is 43.1 Å². The second kappa shape index (κ2) is 13.2. The van der Waals surface area contributed by atoms with Crippen molar-refractivity contribution in [3.63, 3.8) is 0 Å². The maximum absolute atomic E-state index is 13.5. The number of phenols is 1. The van der Waals surface area contributed by atoms with E-state index in [1.165, 1.54) is 18.2 Å². The minimum atomic E-state index is -4.60. The van der Waals surface area contributed by atoms with Crippen molar-refractivity contribution in [3.05, 3.63) is 76.8 Å². The molecular weight excluding hydrogens is 748 g/mol. The number of anilines is 1. The van der Waals surface area contributed by atoms with Gasteiger partial charge < -0.3 is 5.11 Å². The third-order valence-electron chi connectivity index (χ3n) is 6.43. The summed E-state index contributed by atoms with van der Waals surface area (Å²) >= 11 is 0. The van der Waals surface area contributed by atoms with Crippen LogP contribution in [0.3, 0.4) is 0 Å². The van der Waals surface area contributed by atoms with Gasteiger partial charge >= 0.3 is 0 Å². The van der Waals surface area contributed by atoms with Gasteiger partial charge in [0.2, 0.25) is 20.0 Å². The molecule has 0 aromatic heterocycles. The summed E-state index contributed by atoms with van der Waals surface area (Å²) in [6.45, 7) is 4.62. The van der Waals surface area contributed by atoms with E-state index in [9.17, 15) is 48.9 Å². The molecule has 0 unspecified atom stereocenters. The van der Waals surface area contributed by atoms with Gasteiger partial charge in [-0.1, -0.05) is 18.2 Å². The molecule has 49 heavy (non-hydrogen) atoms. The number of nitro benzene ring substituents is 1. The number of halogens is 1. The quantitative estimate of drug-likeness (QED) is 0.0709. The first-order chi connectivity index (χ1) is 22.5. The Labute approximate surface area is 285 Å². The van der Waals surface area contributed by atoms with Crippen molar-refractivity contribution in [1.29, 1.82) is 0 Å². The number of fused-ring (bicyclic) bond motifs is 1. The zero-order chi connectivity index (χ0) is 36.7. The highest BCUT2D eigenvalue weighted by Crippen LogP contribution is 2.44. The molecule has 0 aliphatic heterocycles. The van der Waals surface area contributed by atoms with Crippen molar-refractivity contribution in [1.82, 2.24) is 9.44 Å². The average molecular weight is 775 g/mol. The Morgan fingerprint density at radius 3 is 1.98 bits per heavy atom. The zero-order valence-corrected chi connectivity index (χ0v) is 29.8. The average Bonchev–Trinajstić information content (AvgIpc) is 2.99. The van der Waals surface area contributed by atoms with E-state index in [0.29, 0.717) is 0 Å². The minimum absolute atomic E-state index is 0.219. The zero-order valence-electron chi connectivity index (χ0n) is 25.7. The number of nitrogens with one attached hydrogen (secondary N) is 3. The van der Waals surface area contributed by atoms with Crippen LogP contribution in [0.15, 0.2) is 96.5 Å². The van der Waals surface area contributed by atoms with Gasteiger partial charge in [0.1, 0.15) is 21.2 Å². The Morgan fingerprint density at radius 1 is 0.776 bits per heavy atom. The van der Waals surface area contributed by atoms with Gasteiger partial charge in [-0.15, -0.1) is 10.2 Å². The van der Waals surface area contributed by atoms with Crippen LogP contribution < -0.4 is 14.2 Å². The Hall–Kier alpha value is -4.25. The van der Waals surface area contributed by atoms with Crippen LogP contribution in [0.5, 0.6) is 5.75 Å². The fraction of sp³-hybridized carbons (Fsp3) is 0.185. The van der Waals surface area contributed by atoms with E-state index < -0.39 is 92.0 Å². The topological polar surface area (TPSA) is 261 Å². The van der Waals surface area contributed by atoms with Crippen molar-refractivity contribution >= 4 is 83.3 Å². The monoisotopic (exact) mass is 774 g/mol. The van der Waals surface area contributed by atoms with E-state index in [1.54, 1.807) is 20.8 Å². The predicted molar refractivity (Wildman–Crippen MR) is 179 cm³/mol. The standard InChI is InChI=1S/C27H27ClN6O11S4/c1-27(2,3)33-49(44,45)24-15-22(31-30-20-12-11-16(34(36)37)13-23(20)48(42,43)29-4)25-19(26(24)35)9-6-10-21(25)32-47(40,41)18-8-5-7-17(14-18)46(28,38)39/h5-15,29,32-33,35H,1-4H3. The van der Waals surface area contributed by atoms with Gasteiger partial charge in [-0.05, 0) is 64.2 Å². The first-order valence-electron chi connectivity index (χ1n) is 13.5. The molecule has 0 radical (unpaired) electrons. The van der Waals surface area contributed by atoms with Crippen LogP contribution in [-0.4, -0.2) is 56.3 Å². The molecule has 0 bridgehead atoms. The lowest BCUT2D eigenvalue weighted by Gasteiger charge is -2.22. The molecule has 0 fully saturated rings. The lowest BCUT2D eigenvalue weighted by Crippen LogP contribution is -2.40. The molecule has 17 nitrogen and oxygen atoms in total. The number of non-ortho nitro benzene ring substituents is 1. The van der Waals surface area contributed by atoms with Gasteiger partial charge in [0.25, 0.3) is 24.8 Å². The summed E-state index contributed by atoms with van der Waals surface area (Å²) in [6.07, 6.45) is 0. The Kier molecular flexibility index (Phi) is 10.1. The fourth-order valence-corrected chi connectivity index (χ4v) is 8.79. The summed E-state index contributed by atoms with van der Waals surface area (Å²) in [7, 11) is -11.3. The van der Waals surface area contributed by atoms with Crippen LogP contribution in [0.25, 0.3) is 10.8 Å². The smallest absolute Gasteiger partial charge is 0.270 e. The number of sulfonamides is 3. The van der Waals surface area contributed by atoms with E-state index >= 15 is 0 Å². The molecule has 0 amide bonds. The van der Waals surface area contributed by atoms with Crippen LogP contribution in [0.2, 0.25) is 0 Å². The van der Waals surface area contributed by atoms with E-state index in [1.807, 2.05) is 4.72 Å². The number of rotatable bonds is 11. The van der Waals surface area contributed by atoms with Gasteiger partial charge in [0, 0.05) is 39.1 Å². The third kappa shape index (κ3) is 8.32. The van der Waals surface area contributed by atoms with Crippen LogP contribution in [0.1, 0.15) is 20.8 Å². The number of nitro groups is 1. The van der Waals surface area contributed by atoms with Crippen molar-refractivity contribution in [3.8, 4) is 5.75 Å². The maximum Gasteiger partial charge on any atom is 0.270 e. The van der Waals surface area contributed by atoms with Gasteiger partial charge in [0.15, 0.2) is 0 Å². The summed E-state index contributed by atoms with van der Waals surface area (Å²) < 4.78 is 110. The minimum Gasteiger partial charge on any atom is -0.506 e. The van der Waals surface area contributed by atoms with Crippen LogP contribution in [0.4, 0.5) is 22.7 Å². The lowest BCUT2D eigenvalue weighted by atomic mass is 10.1. The summed E-state index contributed by atoms with van der Waals surface area (Å²) in [6, 6.07) is 11.4. The number of hydrogen-bond acceptors (Lipinski definition) is 13. The summed E-state index contributed by atoms with van der Waals surface area (Å²) in [4.78, 5) is 8.11. The number of azo groups is 1. The van der Waals surface area contributed by atoms with E-state index in [2.05, 4.69) is 19.7 Å². The first kappa shape index (κ1) is 37.6. The highest BCUT2D eigenvalue weighted by Gasteiger charge is 2.29. The third-order valence-corrected chi connectivity index (χ3v) is 12.4. The maximum atomic E-state index is 13.5. The van der Waals surface area contributed by atoms with Gasteiger partial charge in [-0.2, -0.15) is 0 Å². The molecule has 0 heterocycles. The summed E-state index contributed by atoms with van der Waals surface area (Å²) in [5.74, 6) is -0.809. The van der Waals surface area contributed by atoms with Crippen LogP contribution >= 0.6 is 10.7 Å². The van der Waals surface area contributed by atoms with Gasteiger partial charge in [-0.3, -0.25) is 14.8 Å². The molecule has 4 aromatic carbocycles. The molecular formula is C27H27ClN6O11S4. The van der Waals surface area contributed by atoms with Crippen LogP contribution in [0, 0.1) is 10.1 Å². The second-order valence-electron chi connectivity index (χ2n) is 11.2. The molecule has 262 valence electrons. The molecule has 4 aromatic rings. The first-order valence-corrected chi connectivity index (χ1v) is 20.3. The number of hydrogen-bond donors (Lipinski definition) is 4. The largest absolute Gasteiger partial charge is 0.506 e. The predicted octanol–water partition coefficient (Wildman–Crippen LogP) is 4.58. The van der Waals surface area contributed by atoms with Crippen molar-refractivity contribution in [2.24, 2.45) is 10.2 Å². The molecule has 4 N–H and O–H groups in total. The number of benzene rings is 4. The summed E-state index contributed by atoms with van der Waals surface area (Å²) in [5.41, 5.74) is -2.73. The summed E-state index contributed by atoms with van der Waals surface area (Å²) in [5, 5.41) is 30.1. The van der Waals surface area contributed by atoms with Crippen molar-refractivity contribution in [2.45, 2.75) is 45.9 Å². The number of aromatic hydroxyl groups is 1. The fourth-order valence-electron chi connectivity index (χ4n) is 4.38. The highest BCUT2D eigenvalue weighted by molar-refractivity contribution is 8.13. The van der Waals surface area contributed by atoms with E-state index in [0.717, 1.165) is 55.6 Å². The Morgan fingerprint density at radius 2 is 1.39 bits per heavy atom.